The zero-order valence-electron chi connectivity index (χ0n) is 8.43. The standard InChI is InChI=1S/C8H16N2O3S/c1-6-3-4-10(14(2,12)13)7(5-6)8(9)11/h6-7H,3-5H2,1-2H3,(H2,9,11). The summed E-state index contributed by atoms with van der Waals surface area (Å²) in [7, 11) is -3.31. The van der Waals surface area contributed by atoms with Gasteiger partial charge in [-0.1, -0.05) is 6.92 Å². The second-order valence-corrected chi connectivity index (χ2v) is 5.86. The van der Waals surface area contributed by atoms with Crippen LogP contribution >= 0.6 is 0 Å². The van der Waals surface area contributed by atoms with Crippen molar-refractivity contribution in [1.82, 2.24) is 4.31 Å². The van der Waals surface area contributed by atoms with Gasteiger partial charge in [0.2, 0.25) is 15.9 Å². The first-order valence-corrected chi connectivity index (χ1v) is 6.43. The predicted molar refractivity (Wildman–Crippen MR) is 52.9 cm³/mol. The van der Waals surface area contributed by atoms with Gasteiger partial charge in [-0.2, -0.15) is 4.31 Å². The van der Waals surface area contributed by atoms with E-state index in [2.05, 4.69) is 0 Å². The number of nitrogens with zero attached hydrogens (tertiary/aromatic N) is 1. The first kappa shape index (κ1) is 11.5. The molecule has 1 saturated heterocycles. The Hall–Kier alpha value is -0.620. The van der Waals surface area contributed by atoms with Crippen molar-refractivity contribution in [3.63, 3.8) is 0 Å². The van der Waals surface area contributed by atoms with Crippen molar-refractivity contribution in [3.8, 4) is 0 Å². The number of sulfonamides is 1. The summed E-state index contributed by atoms with van der Waals surface area (Å²) in [6.07, 6.45) is 2.43. The van der Waals surface area contributed by atoms with Crippen molar-refractivity contribution >= 4 is 15.9 Å². The van der Waals surface area contributed by atoms with Gasteiger partial charge in [-0.05, 0) is 18.8 Å². The highest BCUT2D eigenvalue weighted by Crippen LogP contribution is 2.24. The Morgan fingerprint density at radius 1 is 1.50 bits per heavy atom. The number of hydrogen-bond donors (Lipinski definition) is 1. The van der Waals surface area contributed by atoms with Crippen LogP contribution in [0.1, 0.15) is 19.8 Å². The molecule has 1 amide bonds. The van der Waals surface area contributed by atoms with Gasteiger partial charge >= 0.3 is 0 Å². The lowest BCUT2D eigenvalue weighted by atomic mass is 9.94. The van der Waals surface area contributed by atoms with Crippen molar-refractivity contribution in [1.29, 1.82) is 0 Å². The molecule has 0 bridgehead atoms. The number of hydrogen-bond acceptors (Lipinski definition) is 3. The molecule has 82 valence electrons. The van der Waals surface area contributed by atoms with Gasteiger partial charge in [0.25, 0.3) is 0 Å². The van der Waals surface area contributed by atoms with Gasteiger partial charge in [0.15, 0.2) is 0 Å². The highest BCUT2D eigenvalue weighted by atomic mass is 32.2. The molecule has 2 N–H and O–H groups in total. The summed E-state index contributed by atoms with van der Waals surface area (Å²) in [5.41, 5.74) is 5.17. The zero-order chi connectivity index (χ0) is 10.9. The SMILES string of the molecule is CC1CCN(S(C)(=O)=O)C(C(N)=O)C1. The van der Waals surface area contributed by atoms with Crippen LogP contribution < -0.4 is 5.73 Å². The molecule has 0 radical (unpaired) electrons. The molecule has 1 aliphatic heterocycles. The van der Waals surface area contributed by atoms with Crippen molar-refractivity contribution in [2.24, 2.45) is 11.7 Å². The van der Waals surface area contributed by atoms with E-state index >= 15 is 0 Å². The highest BCUT2D eigenvalue weighted by Gasteiger charge is 2.35. The Morgan fingerprint density at radius 2 is 2.07 bits per heavy atom. The molecule has 0 aliphatic carbocycles. The molecule has 0 spiro atoms. The molecule has 5 nitrogen and oxygen atoms in total. The fraction of sp³-hybridized carbons (Fsp3) is 0.875. The van der Waals surface area contributed by atoms with Gasteiger partial charge in [0.1, 0.15) is 6.04 Å². The van der Waals surface area contributed by atoms with Crippen molar-refractivity contribution in [2.45, 2.75) is 25.8 Å². The molecule has 2 unspecified atom stereocenters. The smallest absolute Gasteiger partial charge is 0.235 e. The summed E-state index contributed by atoms with van der Waals surface area (Å²) in [5.74, 6) is -0.201. The van der Waals surface area contributed by atoms with Gasteiger partial charge in [-0.15, -0.1) is 0 Å². The number of primary amides is 1. The number of carbonyl (C=O) groups excluding carboxylic acids is 1. The average molecular weight is 220 g/mol. The van der Waals surface area contributed by atoms with Crippen molar-refractivity contribution < 1.29 is 13.2 Å². The van der Waals surface area contributed by atoms with Gasteiger partial charge < -0.3 is 5.73 Å². The first-order chi connectivity index (χ1) is 6.32. The van der Waals surface area contributed by atoms with Gasteiger partial charge in [0.05, 0.1) is 6.26 Å². The number of amides is 1. The number of carbonyl (C=O) groups is 1. The number of rotatable bonds is 2. The molecule has 2 atom stereocenters. The Morgan fingerprint density at radius 3 is 2.50 bits per heavy atom. The van der Waals surface area contributed by atoms with E-state index in [-0.39, 0.29) is 0 Å². The topological polar surface area (TPSA) is 80.5 Å². The Labute approximate surface area is 84.3 Å². The summed E-state index contributed by atoms with van der Waals surface area (Å²) in [5, 5.41) is 0. The van der Waals surface area contributed by atoms with Crippen molar-refractivity contribution in [2.75, 3.05) is 12.8 Å². The van der Waals surface area contributed by atoms with Crippen LogP contribution in [0.4, 0.5) is 0 Å². The van der Waals surface area contributed by atoms with E-state index in [1.807, 2.05) is 6.92 Å². The van der Waals surface area contributed by atoms with Crippen LogP contribution in [0, 0.1) is 5.92 Å². The molecule has 14 heavy (non-hydrogen) atoms. The summed E-state index contributed by atoms with van der Waals surface area (Å²) in [6.45, 7) is 2.39. The quantitative estimate of drug-likeness (QED) is 0.683. The van der Waals surface area contributed by atoms with E-state index in [1.54, 1.807) is 0 Å². The second kappa shape index (κ2) is 3.86. The lowest BCUT2D eigenvalue weighted by Crippen LogP contribution is -2.51. The average Bonchev–Trinajstić information content (AvgIpc) is 2.01. The molecule has 0 aromatic rings. The molecule has 1 fully saturated rings. The van der Waals surface area contributed by atoms with E-state index in [1.165, 1.54) is 4.31 Å². The third-order valence-electron chi connectivity index (χ3n) is 2.57. The maximum atomic E-state index is 11.3. The highest BCUT2D eigenvalue weighted by molar-refractivity contribution is 7.88. The van der Waals surface area contributed by atoms with Gasteiger partial charge in [-0.25, -0.2) is 8.42 Å². The lowest BCUT2D eigenvalue weighted by Gasteiger charge is -2.34. The monoisotopic (exact) mass is 220 g/mol. The minimum atomic E-state index is -3.31. The van der Waals surface area contributed by atoms with E-state index in [0.29, 0.717) is 18.9 Å². The van der Waals surface area contributed by atoms with Crippen LogP contribution in [-0.4, -0.2) is 37.5 Å². The van der Waals surface area contributed by atoms with Gasteiger partial charge in [0, 0.05) is 6.54 Å². The van der Waals surface area contributed by atoms with Crippen LogP contribution in [0.3, 0.4) is 0 Å². The van der Waals surface area contributed by atoms with E-state index < -0.39 is 22.0 Å². The molecule has 1 aliphatic rings. The second-order valence-electron chi connectivity index (χ2n) is 3.92. The fourth-order valence-electron chi connectivity index (χ4n) is 1.78. The molecular formula is C8H16N2O3S. The van der Waals surface area contributed by atoms with Crippen LogP contribution in [0.5, 0.6) is 0 Å². The van der Waals surface area contributed by atoms with E-state index in [4.69, 9.17) is 5.73 Å². The fourth-order valence-corrected chi connectivity index (χ4v) is 2.86. The minimum Gasteiger partial charge on any atom is -0.368 e. The normalized spacial score (nSPS) is 30.1. The van der Waals surface area contributed by atoms with Gasteiger partial charge in [-0.3, -0.25) is 4.79 Å². The Balaban J connectivity index is 2.89. The molecular weight excluding hydrogens is 204 g/mol. The van der Waals surface area contributed by atoms with Crippen LogP contribution in [0.2, 0.25) is 0 Å². The zero-order valence-corrected chi connectivity index (χ0v) is 9.25. The summed E-state index contributed by atoms with van der Waals surface area (Å²) >= 11 is 0. The van der Waals surface area contributed by atoms with Crippen LogP contribution in [0.25, 0.3) is 0 Å². The largest absolute Gasteiger partial charge is 0.368 e. The Bertz CT molecular complexity index is 325. The number of nitrogens with two attached hydrogens (primary N) is 1. The number of piperidine rings is 1. The Kier molecular flexibility index (Phi) is 3.16. The van der Waals surface area contributed by atoms with Crippen LogP contribution in [-0.2, 0) is 14.8 Å². The molecule has 1 rings (SSSR count). The summed E-state index contributed by atoms with van der Waals surface area (Å²) in [6, 6.07) is -0.659. The van der Waals surface area contributed by atoms with Crippen LogP contribution in [0.15, 0.2) is 0 Å². The third-order valence-corrected chi connectivity index (χ3v) is 3.86. The summed E-state index contributed by atoms with van der Waals surface area (Å²) < 4.78 is 23.9. The lowest BCUT2D eigenvalue weighted by molar-refractivity contribution is -0.122. The maximum absolute atomic E-state index is 11.3. The van der Waals surface area contributed by atoms with E-state index in [0.717, 1.165) is 12.7 Å². The predicted octanol–water partition coefficient (Wildman–Crippen LogP) is -0.468. The molecule has 0 aromatic heterocycles. The summed E-state index contributed by atoms with van der Waals surface area (Å²) in [4.78, 5) is 11.1. The maximum Gasteiger partial charge on any atom is 0.235 e. The molecule has 6 heteroatoms. The molecule has 1 heterocycles. The van der Waals surface area contributed by atoms with Crippen molar-refractivity contribution in [3.05, 3.63) is 0 Å². The first-order valence-electron chi connectivity index (χ1n) is 4.58. The third kappa shape index (κ3) is 2.45. The molecule has 0 saturated carbocycles. The van der Waals surface area contributed by atoms with E-state index in [9.17, 15) is 13.2 Å². The minimum absolute atomic E-state index is 0.352. The molecule has 0 aromatic carbocycles.